The third kappa shape index (κ3) is 2.58. The van der Waals surface area contributed by atoms with Crippen LogP contribution in [0.2, 0.25) is 0 Å². The molecule has 0 radical (unpaired) electrons. The Hall–Kier alpha value is -1.55. The van der Waals surface area contributed by atoms with Crippen molar-refractivity contribution in [2.24, 2.45) is 0 Å². The molecule has 4 heteroatoms. The molecule has 0 unspecified atom stereocenters. The quantitative estimate of drug-likeness (QED) is 0.909. The van der Waals surface area contributed by atoms with Crippen LogP contribution in [0.15, 0.2) is 36.4 Å². The second kappa shape index (κ2) is 4.37. The zero-order valence-electron chi connectivity index (χ0n) is 9.90. The normalized spacial score (nSPS) is 11.6. The smallest absolute Gasteiger partial charge is 0.232 e. The van der Waals surface area contributed by atoms with Crippen molar-refractivity contribution in [1.29, 1.82) is 0 Å². The molecule has 2 rings (SSSR count). The van der Waals surface area contributed by atoms with Gasteiger partial charge < -0.3 is 0 Å². The average Bonchev–Trinajstić information content (AvgIpc) is 2.30. The maximum absolute atomic E-state index is 11.5. The van der Waals surface area contributed by atoms with E-state index in [2.05, 4.69) is 4.72 Å². The highest BCUT2D eigenvalue weighted by atomic mass is 32.2. The summed E-state index contributed by atoms with van der Waals surface area (Å²) in [5.41, 5.74) is 1.59. The van der Waals surface area contributed by atoms with E-state index < -0.39 is 10.0 Å². The van der Waals surface area contributed by atoms with Crippen molar-refractivity contribution < 1.29 is 8.42 Å². The third-order valence-corrected chi connectivity index (χ3v) is 4.03. The topological polar surface area (TPSA) is 46.2 Å². The summed E-state index contributed by atoms with van der Waals surface area (Å²) >= 11 is 0. The first-order valence-corrected chi connectivity index (χ1v) is 7.17. The molecule has 1 N–H and O–H groups in total. The Balaban J connectivity index is 2.52. The van der Waals surface area contributed by atoms with E-state index in [1.54, 1.807) is 6.92 Å². The Morgan fingerprint density at radius 3 is 2.29 bits per heavy atom. The van der Waals surface area contributed by atoms with Crippen molar-refractivity contribution in [2.45, 2.75) is 13.8 Å². The second-order valence-electron chi connectivity index (χ2n) is 4.02. The van der Waals surface area contributed by atoms with Crippen LogP contribution in [-0.2, 0) is 10.0 Å². The number of aryl methyl sites for hydroxylation is 1. The van der Waals surface area contributed by atoms with Gasteiger partial charge in [0, 0.05) is 0 Å². The number of hydrogen-bond donors (Lipinski definition) is 1. The SMILES string of the molecule is CCS(=O)(=O)Nc1cc2ccccc2cc1C. The summed E-state index contributed by atoms with van der Waals surface area (Å²) in [5.74, 6) is 0.0826. The van der Waals surface area contributed by atoms with Gasteiger partial charge in [0.2, 0.25) is 10.0 Å². The summed E-state index contributed by atoms with van der Waals surface area (Å²) in [6, 6.07) is 11.8. The van der Waals surface area contributed by atoms with Crippen LogP contribution in [0.1, 0.15) is 12.5 Å². The molecule has 17 heavy (non-hydrogen) atoms. The van der Waals surface area contributed by atoms with Crippen LogP contribution in [-0.4, -0.2) is 14.2 Å². The highest BCUT2D eigenvalue weighted by Gasteiger charge is 2.09. The number of rotatable bonds is 3. The molecule has 0 aliphatic heterocycles. The monoisotopic (exact) mass is 249 g/mol. The Morgan fingerprint density at radius 2 is 1.71 bits per heavy atom. The number of benzene rings is 2. The van der Waals surface area contributed by atoms with Crippen molar-refractivity contribution in [2.75, 3.05) is 10.5 Å². The molecule has 0 amide bonds. The summed E-state index contributed by atoms with van der Waals surface area (Å²) in [7, 11) is -3.21. The van der Waals surface area contributed by atoms with E-state index in [0.29, 0.717) is 5.69 Å². The van der Waals surface area contributed by atoms with Gasteiger partial charge in [-0.2, -0.15) is 0 Å². The maximum atomic E-state index is 11.5. The average molecular weight is 249 g/mol. The summed E-state index contributed by atoms with van der Waals surface area (Å²) in [5, 5.41) is 2.15. The van der Waals surface area contributed by atoms with E-state index in [1.165, 1.54) is 0 Å². The fourth-order valence-corrected chi connectivity index (χ4v) is 2.40. The molecule has 0 fully saturated rings. The minimum atomic E-state index is -3.21. The van der Waals surface area contributed by atoms with Crippen LogP contribution in [0.5, 0.6) is 0 Å². The molecule has 0 heterocycles. The van der Waals surface area contributed by atoms with Gasteiger partial charge in [-0.3, -0.25) is 4.72 Å². The van der Waals surface area contributed by atoms with E-state index in [9.17, 15) is 8.42 Å². The van der Waals surface area contributed by atoms with Crippen LogP contribution in [0, 0.1) is 6.92 Å². The largest absolute Gasteiger partial charge is 0.283 e. The first-order valence-electron chi connectivity index (χ1n) is 5.52. The number of anilines is 1. The van der Waals surface area contributed by atoms with E-state index in [-0.39, 0.29) is 5.75 Å². The lowest BCUT2D eigenvalue weighted by Crippen LogP contribution is -2.15. The van der Waals surface area contributed by atoms with Crippen LogP contribution >= 0.6 is 0 Å². The van der Waals surface area contributed by atoms with Gasteiger partial charge in [-0.25, -0.2) is 8.42 Å². The molecule has 0 aromatic heterocycles. The van der Waals surface area contributed by atoms with E-state index in [0.717, 1.165) is 16.3 Å². The summed E-state index contributed by atoms with van der Waals surface area (Å²) in [4.78, 5) is 0. The first kappa shape index (κ1) is 11.9. The number of fused-ring (bicyclic) bond motifs is 1. The second-order valence-corrected chi connectivity index (χ2v) is 6.03. The molecule has 0 aliphatic rings. The molecule has 0 aliphatic carbocycles. The molecule has 2 aromatic carbocycles. The summed E-state index contributed by atoms with van der Waals surface area (Å²) in [6.45, 7) is 3.53. The van der Waals surface area contributed by atoms with E-state index >= 15 is 0 Å². The van der Waals surface area contributed by atoms with Crippen molar-refractivity contribution >= 4 is 26.5 Å². The molecular formula is C13H15NO2S. The molecule has 3 nitrogen and oxygen atoms in total. The fourth-order valence-electron chi connectivity index (χ4n) is 1.70. The van der Waals surface area contributed by atoms with Crippen molar-refractivity contribution in [3.05, 3.63) is 42.0 Å². The minimum Gasteiger partial charge on any atom is -0.283 e. The Labute approximate surface area is 102 Å². The standard InChI is InChI=1S/C13H15NO2S/c1-3-17(15,16)14-13-9-12-7-5-4-6-11(12)8-10(13)2/h4-9,14H,3H2,1-2H3. The van der Waals surface area contributed by atoms with Gasteiger partial charge in [0.15, 0.2) is 0 Å². The third-order valence-electron chi connectivity index (χ3n) is 2.74. The van der Waals surface area contributed by atoms with Crippen molar-refractivity contribution in [1.82, 2.24) is 0 Å². The highest BCUT2D eigenvalue weighted by molar-refractivity contribution is 7.92. The Morgan fingerprint density at radius 1 is 1.12 bits per heavy atom. The van der Waals surface area contributed by atoms with Gasteiger partial charge >= 0.3 is 0 Å². The van der Waals surface area contributed by atoms with E-state index in [4.69, 9.17) is 0 Å². The summed E-state index contributed by atoms with van der Waals surface area (Å²) < 4.78 is 25.7. The molecule has 0 bridgehead atoms. The van der Waals surface area contributed by atoms with Gasteiger partial charge in [-0.15, -0.1) is 0 Å². The lowest BCUT2D eigenvalue weighted by molar-refractivity contribution is 0.602. The number of sulfonamides is 1. The van der Waals surface area contributed by atoms with Gasteiger partial charge in [-0.05, 0) is 42.3 Å². The minimum absolute atomic E-state index is 0.0826. The van der Waals surface area contributed by atoms with Crippen molar-refractivity contribution in [3.63, 3.8) is 0 Å². The van der Waals surface area contributed by atoms with Crippen LogP contribution in [0.3, 0.4) is 0 Å². The maximum Gasteiger partial charge on any atom is 0.232 e. The molecule has 0 atom stereocenters. The van der Waals surface area contributed by atoms with Crippen LogP contribution in [0.4, 0.5) is 5.69 Å². The zero-order chi connectivity index (χ0) is 12.5. The van der Waals surface area contributed by atoms with Crippen LogP contribution in [0.25, 0.3) is 10.8 Å². The predicted molar refractivity (Wildman–Crippen MR) is 71.8 cm³/mol. The molecule has 90 valence electrons. The molecule has 0 spiro atoms. The number of hydrogen-bond acceptors (Lipinski definition) is 2. The Bertz CT molecular complexity index is 648. The predicted octanol–water partition coefficient (Wildman–Crippen LogP) is 2.91. The van der Waals surface area contributed by atoms with Gasteiger partial charge in [-0.1, -0.05) is 24.3 Å². The molecule has 2 aromatic rings. The first-order chi connectivity index (χ1) is 8.02. The summed E-state index contributed by atoms with van der Waals surface area (Å²) in [6.07, 6.45) is 0. The van der Waals surface area contributed by atoms with Gasteiger partial charge in [0.1, 0.15) is 0 Å². The van der Waals surface area contributed by atoms with Gasteiger partial charge in [0.05, 0.1) is 11.4 Å². The van der Waals surface area contributed by atoms with Gasteiger partial charge in [0.25, 0.3) is 0 Å². The molecule has 0 saturated heterocycles. The zero-order valence-corrected chi connectivity index (χ0v) is 10.7. The molecular weight excluding hydrogens is 234 g/mol. The highest BCUT2D eigenvalue weighted by Crippen LogP contribution is 2.24. The lowest BCUT2D eigenvalue weighted by atomic mass is 10.1. The number of nitrogens with one attached hydrogen (secondary N) is 1. The van der Waals surface area contributed by atoms with Crippen molar-refractivity contribution in [3.8, 4) is 0 Å². The molecule has 0 saturated carbocycles. The fraction of sp³-hybridized carbons (Fsp3) is 0.231. The van der Waals surface area contributed by atoms with E-state index in [1.807, 2.05) is 43.3 Å². The Kier molecular flexibility index (Phi) is 3.07. The van der Waals surface area contributed by atoms with Crippen LogP contribution < -0.4 is 4.72 Å². The lowest BCUT2D eigenvalue weighted by Gasteiger charge is -2.10.